The molecule has 2 atom stereocenters. The van der Waals surface area contributed by atoms with Gasteiger partial charge in [0.1, 0.15) is 11.9 Å². The fourth-order valence-corrected chi connectivity index (χ4v) is 1.33. The van der Waals surface area contributed by atoms with Gasteiger partial charge in [-0.2, -0.15) is 0 Å². The van der Waals surface area contributed by atoms with Gasteiger partial charge in [0.2, 0.25) is 5.82 Å². The van der Waals surface area contributed by atoms with Gasteiger partial charge >= 0.3 is 5.97 Å². The van der Waals surface area contributed by atoms with Crippen LogP contribution in [0.5, 0.6) is 0 Å². The topological polar surface area (TPSA) is 108 Å². The van der Waals surface area contributed by atoms with Gasteiger partial charge in [-0.05, 0) is 12.8 Å². The van der Waals surface area contributed by atoms with Crippen molar-refractivity contribution < 1.29 is 14.7 Å². The van der Waals surface area contributed by atoms with Crippen molar-refractivity contribution >= 4 is 11.9 Å². The molecule has 94 valence electrons. The van der Waals surface area contributed by atoms with Gasteiger partial charge in [0.15, 0.2) is 0 Å². The Kier molecular flexibility index (Phi) is 4.19. The van der Waals surface area contributed by atoms with Gasteiger partial charge in [-0.15, -0.1) is 5.10 Å². The summed E-state index contributed by atoms with van der Waals surface area (Å²) in [5.41, 5.74) is 0. The first-order chi connectivity index (χ1) is 7.95. The maximum Gasteiger partial charge on any atom is 0.326 e. The number of nitrogens with one attached hydrogen (secondary N) is 2. The number of aliphatic carboxylic acids is 1. The summed E-state index contributed by atoms with van der Waals surface area (Å²) in [6.45, 7) is 5.29. The molecule has 0 aliphatic heterocycles. The van der Waals surface area contributed by atoms with Crippen molar-refractivity contribution in [1.82, 2.24) is 20.5 Å². The second kappa shape index (κ2) is 5.42. The number of rotatable bonds is 5. The van der Waals surface area contributed by atoms with Gasteiger partial charge < -0.3 is 10.4 Å². The highest BCUT2D eigenvalue weighted by atomic mass is 16.4. The van der Waals surface area contributed by atoms with Crippen LogP contribution in [0, 0.1) is 12.8 Å². The predicted octanol–water partition coefficient (Wildman–Crippen LogP) is 0.342. The molecular formula is C10H16N4O3. The number of carbonyl (C=O) groups excluding carboxylic acids is 1. The summed E-state index contributed by atoms with van der Waals surface area (Å²) in [4.78, 5) is 26.5. The molecule has 0 aliphatic rings. The lowest BCUT2D eigenvalue weighted by atomic mass is 9.99. The number of hydrogen-bond acceptors (Lipinski definition) is 4. The second-order valence-corrected chi connectivity index (χ2v) is 3.92. The lowest BCUT2D eigenvalue weighted by Crippen LogP contribution is -2.45. The summed E-state index contributed by atoms with van der Waals surface area (Å²) in [6, 6.07) is -0.925. The molecule has 0 radical (unpaired) electrons. The van der Waals surface area contributed by atoms with E-state index in [1.165, 1.54) is 0 Å². The van der Waals surface area contributed by atoms with Crippen molar-refractivity contribution in [3.8, 4) is 0 Å². The third-order valence-corrected chi connectivity index (χ3v) is 2.57. The van der Waals surface area contributed by atoms with E-state index in [9.17, 15) is 9.59 Å². The number of H-pyrrole nitrogens is 1. The molecule has 0 saturated heterocycles. The molecule has 0 aromatic carbocycles. The monoisotopic (exact) mass is 240 g/mol. The van der Waals surface area contributed by atoms with Gasteiger partial charge in [-0.25, -0.2) is 9.78 Å². The van der Waals surface area contributed by atoms with E-state index in [1.54, 1.807) is 13.8 Å². The lowest BCUT2D eigenvalue weighted by Gasteiger charge is -2.19. The summed E-state index contributed by atoms with van der Waals surface area (Å²) in [5.74, 6) is -1.33. The minimum Gasteiger partial charge on any atom is -0.480 e. The fourth-order valence-electron chi connectivity index (χ4n) is 1.33. The molecule has 0 saturated carbocycles. The Morgan fingerprint density at radius 3 is 2.59 bits per heavy atom. The molecule has 1 amide bonds. The molecule has 7 heteroatoms. The van der Waals surface area contributed by atoms with Gasteiger partial charge in [0, 0.05) is 0 Å². The van der Waals surface area contributed by atoms with Crippen molar-refractivity contribution in [3.63, 3.8) is 0 Å². The number of carbonyl (C=O) groups is 2. The lowest BCUT2D eigenvalue weighted by molar-refractivity contribution is -0.140. The van der Waals surface area contributed by atoms with E-state index in [-0.39, 0.29) is 11.7 Å². The van der Waals surface area contributed by atoms with Crippen LogP contribution in [0.25, 0.3) is 0 Å². The maximum absolute atomic E-state index is 11.7. The van der Waals surface area contributed by atoms with E-state index in [1.807, 2.05) is 6.92 Å². The van der Waals surface area contributed by atoms with Crippen LogP contribution in [-0.2, 0) is 4.79 Å². The highest BCUT2D eigenvalue weighted by Gasteiger charge is 2.26. The smallest absolute Gasteiger partial charge is 0.326 e. The van der Waals surface area contributed by atoms with Gasteiger partial charge in [0.25, 0.3) is 5.91 Å². The second-order valence-electron chi connectivity index (χ2n) is 3.92. The molecule has 7 nitrogen and oxygen atoms in total. The zero-order chi connectivity index (χ0) is 13.0. The molecule has 1 rings (SSSR count). The summed E-state index contributed by atoms with van der Waals surface area (Å²) in [5, 5.41) is 17.6. The van der Waals surface area contributed by atoms with Gasteiger partial charge in [0.05, 0.1) is 0 Å². The fraction of sp³-hybridized carbons (Fsp3) is 0.600. The van der Waals surface area contributed by atoms with Crippen LogP contribution in [0.3, 0.4) is 0 Å². The van der Waals surface area contributed by atoms with Crippen molar-refractivity contribution in [2.45, 2.75) is 33.2 Å². The molecule has 0 fully saturated rings. The molecular weight excluding hydrogens is 224 g/mol. The molecule has 1 aromatic heterocycles. The quantitative estimate of drug-likeness (QED) is 0.687. The van der Waals surface area contributed by atoms with E-state index in [0.29, 0.717) is 12.2 Å². The first kappa shape index (κ1) is 13.1. The molecule has 1 heterocycles. The van der Waals surface area contributed by atoms with Crippen molar-refractivity contribution in [2.24, 2.45) is 5.92 Å². The Balaban J connectivity index is 2.74. The molecule has 0 aliphatic carbocycles. The Hall–Kier alpha value is -1.92. The normalized spacial score (nSPS) is 14.1. The van der Waals surface area contributed by atoms with Gasteiger partial charge in [-0.3, -0.25) is 9.89 Å². The third kappa shape index (κ3) is 3.27. The molecule has 0 bridgehead atoms. The standard InChI is InChI=1S/C10H16N4O3/c1-4-5(2)7(10(16)17)12-9(15)8-11-6(3)13-14-8/h5,7H,4H2,1-3H3,(H,12,15)(H,16,17)(H,11,13,14)/t5-,7-/m0/s1. The van der Waals surface area contributed by atoms with Crippen LogP contribution in [0.4, 0.5) is 0 Å². The average molecular weight is 240 g/mol. The van der Waals surface area contributed by atoms with Crippen LogP contribution in [0.15, 0.2) is 0 Å². The first-order valence-corrected chi connectivity index (χ1v) is 5.38. The Bertz CT molecular complexity index is 415. The van der Waals surface area contributed by atoms with E-state index in [2.05, 4.69) is 20.5 Å². The minimum absolute atomic E-state index is 0.0444. The predicted molar refractivity (Wildman–Crippen MR) is 59.5 cm³/mol. The summed E-state index contributed by atoms with van der Waals surface area (Å²) in [7, 11) is 0. The van der Waals surface area contributed by atoms with Crippen molar-refractivity contribution in [1.29, 1.82) is 0 Å². The third-order valence-electron chi connectivity index (χ3n) is 2.57. The highest BCUT2D eigenvalue weighted by molar-refractivity contribution is 5.93. The summed E-state index contributed by atoms with van der Waals surface area (Å²) < 4.78 is 0. The van der Waals surface area contributed by atoms with Crippen LogP contribution < -0.4 is 5.32 Å². The SMILES string of the molecule is CC[C@H](C)[C@H](NC(=O)c1n[nH]c(C)n1)C(=O)O. The van der Waals surface area contributed by atoms with Crippen molar-refractivity contribution in [3.05, 3.63) is 11.6 Å². The number of aryl methyl sites for hydroxylation is 1. The summed E-state index contributed by atoms with van der Waals surface area (Å²) >= 11 is 0. The Morgan fingerprint density at radius 1 is 1.53 bits per heavy atom. The highest BCUT2D eigenvalue weighted by Crippen LogP contribution is 2.08. The number of aromatic nitrogens is 3. The number of amides is 1. The Labute approximate surface area is 98.6 Å². The van der Waals surface area contributed by atoms with Crippen LogP contribution in [0.1, 0.15) is 36.7 Å². The molecule has 17 heavy (non-hydrogen) atoms. The largest absolute Gasteiger partial charge is 0.480 e. The number of carboxylic acid groups (broad SMARTS) is 1. The van der Waals surface area contributed by atoms with E-state index in [4.69, 9.17) is 5.11 Å². The number of hydrogen-bond donors (Lipinski definition) is 3. The Morgan fingerprint density at radius 2 is 2.18 bits per heavy atom. The van der Waals surface area contributed by atoms with Crippen LogP contribution in [-0.4, -0.2) is 38.2 Å². The number of carboxylic acids is 1. The average Bonchev–Trinajstić information content (AvgIpc) is 2.71. The van der Waals surface area contributed by atoms with Gasteiger partial charge in [-0.1, -0.05) is 20.3 Å². The number of aromatic amines is 1. The zero-order valence-corrected chi connectivity index (χ0v) is 10.0. The van der Waals surface area contributed by atoms with E-state index >= 15 is 0 Å². The maximum atomic E-state index is 11.7. The van der Waals surface area contributed by atoms with E-state index < -0.39 is 17.9 Å². The molecule has 1 aromatic rings. The summed E-state index contributed by atoms with van der Waals surface area (Å²) in [6.07, 6.45) is 0.657. The molecule has 0 unspecified atom stereocenters. The van der Waals surface area contributed by atoms with Crippen LogP contribution >= 0.6 is 0 Å². The minimum atomic E-state index is -1.06. The number of nitrogens with zero attached hydrogens (tertiary/aromatic N) is 2. The molecule has 3 N–H and O–H groups in total. The first-order valence-electron chi connectivity index (χ1n) is 5.38. The van der Waals surface area contributed by atoms with Crippen molar-refractivity contribution in [2.75, 3.05) is 0 Å². The zero-order valence-electron chi connectivity index (χ0n) is 10.0. The molecule has 0 spiro atoms. The van der Waals surface area contributed by atoms with E-state index in [0.717, 1.165) is 0 Å². The van der Waals surface area contributed by atoms with Crippen LogP contribution in [0.2, 0.25) is 0 Å².